The van der Waals surface area contributed by atoms with Crippen LogP contribution in [0.25, 0.3) is 0 Å². The molecule has 124 valence electrons. The molecule has 2 aromatic rings. The third kappa shape index (κ3) is 2.40. The maximum Gasteiger partial charge on any atom is 0.0334 e. The molecule has 3 atom stereocenters. The first-order valence-electron chi connectivity index (χ1n) is 9.47. The van der Waals surface area contributed by atoms with E-state index in [0.29, 0.717) is 23.4 Å². The lowest BCUT2D eigenvalue weighted by Crippen LogP contribution is -2.39. The molecule has 3 aliphatic rings. The average molecular weight is 318 g/mol. The van der Waals surface area contributed by atoms with Gasteiger partial charge in [0.25, 0.3) is 0 Å². The van der Waals surface area contributed by atoms with Crippen LogP contribution in [0, 0.1) is 0 Å². The zero-order chi connectivity index (χ0) is 16.0. The summed E-state index contributed by atoms with van der Waals surface area (Å²) in [5, 5.41) is 7.55. The number of rotatable bonds is 3. The van der Waals surface area contributed by atoms with Gasteiger partial charge in [0.15, 0.2) is 0 Å². The van der Waals surface area contributed by atoms with E-state index in [1.165, 1.54) is 31.2 Å². The van der Waals surface area contributed by atoms with Crippen LogP contribution in [0.2, 0.25) is 0 Å². The summed E-state index contributed by atoms with van der Waals surface area (Å²) in [6.45, 7) is 2.33. The van der Waals surface area contributed by atoms with Crippen molar-refractivity contribution in [2.45, 2.75) is 49.1 Å². The van der Waals surface area contributed by atoms with Gasteiger partial charge in [-0.05, 0) is 60.9 Å². The van der Waals surface area contributed by atoms with Crippen molar-refractivity contribution < 1.29 is 0 Å². The zero-order valence-electron chi connectivity index (χ0n) is 14.2. The minimum absolute atomic E-state index is 0.413. The summed E-state index contributed by atoms with van der Waals surface area (Å²) in [5.41, 5.74) is 5.10. The highest BCUT2D eigenvalue weighted by molar-refractivity contribution is 5.43. The molecule has 2 N–H and O–H groups in total. The Morgan fingerprint density at radius 3 is 2.50 bits per heavy atom. The van der Waals surface area contributed by atoms with Crippen molar-refractivity contribution in [3.63, 3.8) is 0 Å². The third-order valence-corrected chi connectivity index (χ3v) is 6.50. The monoisotopic (exact) mass is 318 g/mol. The molecule has 24 heavy (non-hydrogen) atoms. The van der Waals surface area contributed by atoms with E-state index in [4.69, 9.17) is 0 Å². The molecule has 1 spiro atoms. The fraction of sp³-hybridized carbons (Fsp3) is 0.455. The normalized spacial score (nSPS) is 30.2. The molecular formula is C22H26N2. The Labute approximate surface area is 144 Å². The summed E-state index contributed by atoms with van der Waals surface area (Å²) in [6, 6.07) is 21.4. The van der Waals surface area contributed by atoms with Gasteiger partial charge in [-0.25, -0.2) is 0 Å². The van der Waals surface area contributed by atoms with E-state index in [1.54, 1.807) is 11.1 Å². The largest absolute Gasteiger partial charge is 0.317 e. The molecule has 0 bridgehead atoms. The summed E-state index contributed by atoms with van der Waals surface area (Å²) >= 11 is 0. The predicted molar refractivity (Wildman–Crippen MR) is 98.3 cm³/mol. The maximum atomic E-state index is 4.01. The van der Waals surface area contributed by atoms with Crippen molar-refractivity contribution in [3.05, 3.63) is 71.3 Å². The van der Waals surface area contributed by atoms with Crippen LogP contribution in [0.1, 0.15) is 54.3 Å². The molecule has 5 rings (SSSR count). The molecule has 2 nitrogen and oxygen atoms in total. The van der Waals surface area contributed by atoms with Gasteiger partial charge in [-0.3, -0.25) is 0 Å². The van der Waals surface area contributed by atoms with Crippen LogP contribution in [0.3, 0.4) is 0 Å². The minimum Gasteiger partial charge on any atom is -0.317 e. The second-order valence-electron chi connectivity index (χ2n) is 7.90. The quantitative estimate of drug-likeness (QED) is 0.897. The molecule has 2 aliphatic carbocycles. The van der Waals surface area contributed by atoms with Crippen LogP contribution in [-0.4, -0.2) is 19.1 Å². The first-order valence-corrected chi connectivity index (χ1v) is 9.47. The zero-order valence-corrected chi connectivity index (χ0v) is 14.2. The lowest BCUT2D eigenvalue weighted by Gasteiger charge is -2.35. The molecule has 2 fully saturated rings. The first-order chi connectivity index (χ1) is 11.9. The first kappa shape index (κ1) is 14.7. The lowest BCUT2D eigenvalue weighted by molar-refractivity contribution is 0.282. The van der Waals surface area contributed by atoms with Gasteiger partial charge in [0.05, 0.1) is 0 Å². The molecule has 3 unspecified atom stereocenters. The summed E-state index contributed by atoms with van der Waals surface area (Å²) in [5.74, 6) is 0.711. The van der Waals surface area contributed by atoms with Crippen molar-refractivity contribution >= 4 is 0 Å². The van der Waals surface area contributed by atoms with Crippen LogP contribution >= 0.6 is 0 Å². The molecule has 2 heteroatoms. The molecule has 0 radical (unpaired) electrons. The number of hydrogen-bond acceptors (Lipinski definition) is 2. The van der Waals surface area contributed by atoms with Crippen LogP contribution in [0.15, 0.2) is 54.6 Å². The average Bonchev–Trinajstić information content (AvgIpc) is 3.36. The summed E-state index contributed by atoms with van der Waals surface area (Å²) in [4.78, 5) is 0. The van der Waals surface area contributed by atoms with E-state index in [1.807, 2.05) is 0 Å². The van der Waals surface area contributed by atoms with Crippen molar-refractivity contribution in [1.29, 1.82) is 0 Å². The highest BCUT2D eigenvalue weighted by Crippen LogP contribution is 2.51. The second kappa shape index (κ2) is 5.72. The van der Waals surface area contributed by atoms with Crippen molar-refractivity contribution in [2.75, 3.05) is 13.1 Å². The highest BCUT2D eigenvalue weighted by atomic mass is 15.0. The molecule has 2 aromatic carbocycles. The Hall–Kier alpha value is -1.64. The van der Waals surface area contributed by atoms with Crippen molar-refractivity contribution in [3.8, 4) is 0 Å². The Morgan fingerprint density at radius 1 is 0.917 bits per heavy atom. The number of fused-ring (bicyclic) bond motifs is 2. The van der Waals surface area contributed by atoms with Crippen molar-refractivity contribution in [2.24, 2.45) is 0 Å². The predicted octanol–water partition coefficient (Wildman–Crippen LogP) is 3.90. The van der Waals surface area contributed by atoms with E-state index >= 15 is 0 Å². The number of benzene rings is 2. The maximum absolute atomic E-state index is 4.01. The molecule has 1 saturated heterocycles. The number of piperidine rings is 1. The van der Waals surface area contributed by atoms with Gasteiger partial charge < -0.3 is 10.6 Å². The van der Waals surface area contributed by atoms with Crippen molar-refractivity contribution in [1.82, 2.24) is 10.6 Å². The Kier molecular flexibility index (Phi) is 3.50. The molecular weight excluding hydrogens is 292 g/mol. The molecule has 0 aromatic heterocycles. The summed E-state index contributed by atoms with van der Waals surface area (Å²) < 4.78 is 0. The van der Waals surface area contributed by atoms with E-state index in [0.717, 1.165) is 13.1 Å². The lowest BCUT2D eigenvalue weighted by atomic mass is 9.74. The van der Waals surface area contributed by atoms with Gasteiger partial charge in [-0.2, -0.15) is 0 Å². The Balaban J connectivity index is 1.36. The minimum atomic E-state index is 0.413. The SMILES string of the molecule is c1ccc(C2CC2NC2CC3(CCNCC3)c3ccccc32)cc1. The van der Waals surface area contributed by atoms with E-state index in [2.05, 4.69) is 65.2 Å². The number of hydrogen-bond donors (Lipinski definition) is 2. The standard InChI is InChI=1S/C22H26N2/c1-2-6-16(7-3-1)18-14-20(18)24-21-15-22(10-12-23-13-11-22)19-9-5-4-8-17(19)21/h1-9,18,20-21,23-24H,10-15H2. The topological polar surface area (TPSA) is 24.1 Å². The Bertz CT molecular complexity index is 718. The number of nitrogens with one attached hydrogen (secondary N) is 2. The smallest absolute Gasteiger partial charge is 0.0334 e. The van der Waals surface area contributed by atoms with Gasteiger partial charge >= 0.3 is 0 Å². The summed E-state index contributed by atoms with van der Waals surface area (Å²) in [6.07, 6.45) is 5.15. The van der Waals surface area contributed by atoms with Gasteiger partial charge in [0.1, 0.15) is 0 Å². The summed E-state index contributed by atoms with van der Waals surface area (Å²) in [7, 11) is 0. The van der Waals surface area contributed by atoms with Crippen LogP contribution in [0.5, 0.6) is 0 Å². The molecule has 0 amide bonds. The van der Waals surface area contributed by atoms with Crippen LogP contribution in [-0.2, 0) is 5.41 Å². The van der Waals surface area contributed by atoms with E-state index in [9.17, 15) is 0 Å². The molecule has 1 aliphatic heterocycles. The van der Waals surface area contributed by atoms with E-state index < -0.39 is 0 Å². The van der Waals surface area contributed by atoms with Crippen LogP contribution < -0.4 is 10.6 Å². The Morgan fingerprint density at radius 2 is 1.67 bits per heavy atom. The van der Waals surface area contributed by atoms with Gasteiger partial charge in [-0.1, -0.05) is 54.6 Å². The fourth-order valence-corrected chi connectivity index (χ4v) is 5.13. The van der Waals surface area contributed by atoms with Gasteiger partial charge in [0, 0.05) is 18.0 Å². The van der Waals surface area contributed by atoms with Crippen LogP contribution in [0.4, 0.5) is 0 Å². The van der Waals surface area contributed by atoms with E-state index in [-0.39, 0.29) is 0 Å². The highest BCUT2D eigenvalue weighted by Gasteiger charge is 2.47. The molecule has 1 saturated carbocycles. The van der Waals surface area contributed by atoms with Gasteiger partial charge in [-0.15, -0.1) is 0 Å². The van der Waals surface area contributed by atoms with Gasteiger partial charge in [0.2, 0.25) is 0 Å². The molecule has 1 heterocycles. The second-order valence-corrected chi connectivity index (χ2v) is 7.90. The fourth-order valence-electron chi connectivity index (χ4n) is 5.13. The third-order valence-electron chi connectivity index (χ3n) is 6.50.